The molecule has 0 rings (SSSR count). The van der Waals surface area contributed by atoms with Crippen LogP contribution in [0.2, 0.25) is 0 Å². The maximum Gasteiger partial charge on any atom is 0.303 e. The average molecular weight is 172 g/mol. The van der Waals surface area contributed by atoms with Crippen LogP contribution in [-0.2, 0) is 4.79 Å². The molecule has 0 heterocycles. The quantitative estimate of drug-likeness (QED) is 0.646. The van der Waals surface area contributed by atoms with Gasteiger partial charge in [0.1, 0.15) is 0 Å². The largest absolute Gasteiger partial charge is 0.481 e. The molecule has 0 unspecified atom stereocenters. The molecule has 0 amide bonds. The zero-order chi connectivity index (χ0) is 9.94. The van der Waals surface area contributed by atoms with Crippen LogP contribution in [0, 0.1) is 36.0 Å². The number of allylic oxidation sites excluding steroid dienone is 2. The summed E-state index contributed by atoms with van der Waals surface area (Å²) < 4.78 is 0. The van der Waals surface area contributed by atoms with E-state index in [1.165, 1.54) is 0 Å². The van der Waals surface area contributed by atoms with E-state index in [4.69, 9.17) is 11.5 Å². The Morgan fingerprint density at radius 2 is 2.15 bits per heavy atom. The Balaban J connectivity index is 3.68. The van der Waals surface area contributed by atoms with Crippen molar-refractivity contribution in [3.63, 3.8) is 0 Å². The summed E-state index contributed by atoms with van der Waals surface area (Å²) in [5, 5.41) is 8.27. The van der Waals surface area contributed by atoms with Crippen molar-refractivity contribution in [2.75, 3.05) is 0 Å². The number of rotatable bonds is 3. The summed E-state index contributed by atoms with van der Waals surface area (Å²) in [6, 6.07) is 0. The fourth-order valence-corrected chi connectivity index (χ4v) is 0.494. The minimum Gasteiger partial charge on any atom is -0.481 e. The van der Waals surface area contributed by atoms with Gasteiger partial charge in [0.15, 0.2) is 0 Å². The zero-order valence-corrected chi connectivity index (χ0v) is 7.00. The van der Waals surface area contributed by atoms with Crippen molar-refractivity contribution in [2.24, 2.45) is 0 Å². The van der Waals surface area contributed by atoms with Crippen molar-refractivity contribution in [1.82, 2.24) is 0 Å². The number of hydrogen-bond acceptors (Lipinski definition) is 1. The van der Waals surface area contributed by atoms with Crippen LogP contribution in [-0.4, -0.2) is 11.1 Å². The predicted molar refractivity (Wildman–Crippen MR) is 50.4 cm³/mol. The van der Waals surface area contributed by atoms with E-state index in [1.54, 1.807) is 12.2 Å². The number of carboxylic acids is 1. The third kappa shape index (κ3) is 9.89. The molecule has 2 heteroatoms. The number of aliphatic carboxylic acids is 1. The second kappa shape index (κ2) is 7.99. The normalized spacial score (nSPS) is 7.62. The van der Waals surface area contributed by atoms with Gasteiger partial charge in [-0.1, -0.05) is 12.0 Å². The average Bonchev–Trinajstić information content (AvgIpc) is 2.09. The van der Waals surface area contributed by atoms with Crippen molar-refractivity contribution in [1.29, 1.82) is 0 Å². The molecule has 0 aliphatic rings. The Morgan fingerprint density at radius 3 is 2.77 bits per heavy atom. The van der Waals surface area contributed by atoms with E-state index in [-0.39, 0.29) is 6.42 Å². The van der Waals surface area contributed by atoms with E-state index in [1.807, 2.05) is 0 Å². The van der Waals surface area contributed by atoms with Gasteiger partial charge in [-0.25, -0.2) is 0 Å². The highest BCUT2D eigenvalue weighted by atomic mass is 16.4. The summed E-state index contributed by atoms with van der Waals surface area (Å²) in [5.74, 6) is 11.1. The summed E-state index contributed by atoms with van der Waals surface area (Å²) >= 11 is 0. The van der Waals surface area contributed by atoms with Crippen molar-refractivity contribution >= 4 is 5.97 Å². The van der Waals surface area contributed by atoms with Gasteiger partial charge in [-0.3, -0.25) is 4.79 Å². The number of carbonyl (C=O) groups is 1. The molecule has 0 aromatic carbocycles. The lowest BCUT2D eigenvalue weighted by molar-refractivity contribution is -0.136. The highest BCUT2D eigenvalue weighted by Crippen LogP contribution is 1.89. The molecule has 0 fully saturated rings. The molecule has 13 heavy (non-hydrogen) atoms. The lowest BCUT2D eigenvalue weighted by Gasteiger charge is -1.83. The summed E-state index contributed by atoms with van der Waals surface area (Å²) in [6.45, 7) is 0. The fraction of sp³-hybridized carbons (Fsp3) is 0.182. The van der Waals surface area contributed by atoms with Crippen LogP contribution in [0.5, 0.6) is 0 Å². The van der Waals surface area contributed by atoms with Gasteiger partial charge in [-0.2, -0.15) is 0 Å². The first kappa shape index (κ1) is 10.9. The van der Waals surface area contributed by atoms with Gasteiger partial charge in [-0.05, 0) is 36.2 Å². The second-order valence-electron chi connectivity index (χ2n) is 2.00. The van der Waals surface area contributed by atoms with Gasteiger partial charge in [-0.15, -0.1) is 6.42 Å². The van der Waals surface area contributed by atoms with E-state index < -0.39 is 5.97 Å². The zero-order valence-electron chi connectivity index (χ0n) is 7.00. The third-order valence-corrected chi connectivity index (χ3v) is 0.995. The highest BCUT2D eigenvalue weighted by molar-refractivity contribution is 5.66. The van der Waals surface area contributed by atoms with Crippen molar-refractivity contribution < 1.29 is 9.90 Å². The Hall–Kier alpha value is -2.11. The monoisotopic (exact) mass is 172 g/mol. The summed E-state index contributed by atoms with van der Waals surface area (Å²) in [4.78, 5) is 10.1. The molecule has 64 valence electrons. The molecule has 0 aliphatic carbocycles. The fourth-order valence-electron chi connectivity index (χ4n) is 0.494. The molecule has 0 spiro atoms. The van der Waals surface area contributed by atoms with Gasteiger partial charge in [0.05, 0.1) is 0 Å². The standard InChI is InChI=1S/C11H8O2/c1-2-3-4-5-6-7-8-9-10-11(12)13/h1,7-8H,9-10H2,(H,12,13)/b8-7+. The van der Waals surface area contributed by atoms with E-state index in [2.05, 4.69) is 29.6 Å². The molecule has 0 aliphatic heterocycles. The van der Waals surface area contributed by atoms with Crippen LogP contribution >= 0.6 is 0 Å². The van der Waals surface area contributed by atoms with Crippen LogP contribution in [0.15, 0.2) is 12.2 Å². The Kier molecular flexibility index (Phi) is 6.69. The molecule has 0 aromatic rings. The smallest absolute Gasteiger partial charge is 0.303 e. The SMILES string of the molecule is C#CC#CC#C/C=C/CCC(=O)O. The molecular weight excluding hydrogens is 164 g/mol. The van der Waals surface area contributed by atoms with Crippen LogP contribution in [0.4, 0.5) is 0 Å². The van der Waals surface area contributed by atoms with E-state index >= 15 is 0 Å². The maximum absolute atomic E-state index is 10.1. The first-order valence-electron chi connectivity index (χ1n) is 3.60. The van der Waals surface area contributed by atoms with Crippen molar-refractivity contribution in [3.8, 4) is 36.0 Å². The first-order chi connectivity index (χ1) is 6.27. The molecule has 0 aromatic heterocycles. The van der Waals surface area contributed by atoms with Crippen LogP contribution in [0.25, 0.3) is 0 Å². The number of carboxylic acid groups (broad SMARTS) is 1. The third-order valence-electron chi connectivity index (χ3n) is 0.995. The molecule has 0 saturated carbocycles. The van der Waals surface area contributed by atoms with Crippen LogP contribution < -0.4 is 0 Å². The van der Waals surface area contributed by atoms with Crippen molar-refractivity contribution in [3.05, 3.63) is 12.2 Å². The van der Waals surface area contributed by atoms with Gasteiger partial charge >= 0.3 is 5.97 Å². The van der Waals surface area contributed by atoms with Gasteiger partial charge in [0, 0.05) is 6.42 Å². The molecule has 1 N–H and O–H groups in total. The van der Waals surface area contributed by atoms with Gasteiger partial charge in [0.25, 0.3) is 0 Å². The minimum absolute atomic E-state index is 0.119. The molecule has 2 nitrogen and oxygen atoms in total. The molecule has 0 atom stereocenters. The second-order valence-corrected chi connectivity index (χ2v) is 2.00. The minimum atomic E-state index is -0.815. The van der Waals surface area contributed by atoms with Gasteiger partial charge < -0.3 is 5.11 Å². The summed E-state index contributed by atoms with van der Waals surface area (Å²) in [6.07, 6.45) is 8.69. The Labute approximate surface area is 77.7 Å². The lowest BCUT2D eigenvalue weighted by Crippen LogP contribution is -1.91. The van der Waals surface area contributed by atoms with Gasteiger partial charge in [0.2, 0.25) is 0 Å². The van der Waals surface area contributed by atoms with Crippen LogP contribution in [0.1, 0.15) is 12.8 Å². The number of terminal acetylenes is 1. The summed E-state index contributed by atoms with van der Waals surface area (Å²) in [7, 11) is 0. The maximum atomic E-state index is 10.1. The Morgan fingerprint density at radius 1 is 1.38 bits per heavy atom. The Bertz CT molecular complexity index is 348. The van der Waals surface area contributed by atoms with E-state index in [0.29, 0.717) is 6.42 Å². The topological polar surface area (TPSA) is 37.3 Å². The first-order valence-corrected chi connectivity index (χ1v) is 3.60. The predicted octanol–water partition coefficient (Wildman–Crippen LogP) is 1.05. The van der Waals surface area contributed by atoms with E-state index in [0.717, 1.165) is 0 Å². The van der Waals surface area contributed by atoms with E-state index in [9.17, 15) is 4.79 Å². The number of hydrogen-bond donors (Lipinski definition) is 1. The molecule has 0 saturated heterocycles. The molecule has 0 radical (unpaired) electrons. The van der Waals surface area contributed by atoms with Crippen LogP contribution in [0.3, 0.4) is 0 Å². The molecular formula is C11H8O2. The summed E-state index contributed by atoms with van der Waals surface area (Å²) in [5.41, 5.74) is 0. The lowest BCUT2D eigenvalue weighted by atomic mass is 10.3. The van der Waals surface area contributed by atoms with Crippen molar-refractivity contribution in [2.45, 2.75) is 12.8 Å². The highest BCUT2D eigenvalue weighted by Gasteiger charge is 1.90. The molecule has 0 bridgehead atoms.